The van der Waals surface area contributed by atoms with Gasteiger partial charge in [-0.1, -0.05) is 6.92 Å². The summed E-state index contributed by atoms with van der Waals surface area (Å²) in [5.41, 5.74) is 0. The molecule has 4 nitrogen and oxygen atoms in total. The SMILES string of the molecule is CCCNC(C)C1CCN(CCN2CCN(C)CC2)CC1. The summed E-state index contributed by atoms with van der Waals surface area (Å²) in [6.45, 7) is 15.9. The van der Waals surface area contributed by atoms with Gasteiger partial charge in [-0.25, -0.2) is 0 Å². The molecule has 4 heteroatoms. The van der Waals surface area contributed by atoms with E-state index in [1.54, 1.807) is 0 Å². The number of nitrogens with zero attached hydrogens (tertiary/aromatic N) is 3. The van der Waals surface area contributed by atoms with Crippen LogP contribution in [-0.4, -0.2) is 86.7 Å². The molecule has 2 saturated heterocycles. The van der Waals surface area contributed by atoms with Gasteiger partial charge in [0, 0.05) is 45.3 Å². The Bertz CT molecular complexity index is 268. The molecule has 2 aliphatic rings. The van der Waals surface area contributed by atoms with Gasteiger partial charge in [0.2, 0.25) is 0 Å². The number of hydrogen-bond acceptors (Lipinski definition) is 4. The largest absolute Gasteiger partial charge is 0.314 e. The highest BCUT2D eigenvalue weighted by molar-refractivity contribution is 4.80. The molecule has 1 N–H and O–H groups in total. The summed E-state index contributed by atoms with van der Waals surface area (Å²) in [6, 6.07) is 0.699. The van der Waals surface area contributed by atoms with Crippen LogP contribution in [0.4, 0.5) is 0 Å². The van der Waals surface area contributed by atoms with Crippen LogP contribution in [0.5, 0.6) is 0 Å². The molecule has 0 aromatic carbocycles. The Morgan fingerprint density at radius 1 is 0.952 bits per heavy atom. The molecule has 1 unspecified atom stereocenters. The van der Waals surface area contributed by atoms with Crippen molar-refractivity contribution in [2.45, 2.75) is 39.2 Å². The minimum atomic E-state index is 0.699. The first kappa shape index (κ1) is 17.2. The zero-order valence-electron chi connectivity index (χ0n) is 14.5. The van der Waals surface area contributed by atoms with Crippen LogP contribution in [0.25, 0.3) is 0 Å². The summed E-state index contributed by atoms with van der Waals surface area (Å²) in [4.78, 5) is 7.76. The van der Waals surface area contributed by atoms with Gasteiger partial charge in [0.15, 0.2) is 0 Å². The Labute approximate surface area is 131 Å². The first-order valence-corrected chi connectivity index (χ1v) is 9.05. The molecular weight excluding hydrogens is 260 g/mol. The molecule has 0 aromatic heterocycles. The zero-order chi connectivity index (χ0) is 15.1. The van der Waals surface area contributed by atoms with Crippen LogP contribution in [-0.2, 0) is 0 Å². The molecule has 2 aliphatic heterocycles. The van der Waals surface area contributed by atoms with E-state index in [4.69, 9.17) is 0 Å². The number of hydrogen-bond donors (Lipinski definition) is 1. The fraction of sp³-hybridized carbons (Fsp3) is 1.00. The van der Waals surface area contributed by atoms with Crippen molar-refractivity contribution < 1.29 is 0 Å². The predicted molar refractivity (Wildman–Crippen MR) is 90.9 cm³/mol. The molecule has 21 heavy (non-hydrogen) atoms. The number of piperazine rings is 1. The van der Waals surface area contributed by atoms with E-state index >= 15 is 0 Å². The van der Waals surface area contributed by atoms with Crippen molar-refractivity contribution in [3.8, 4) is 0 Å². The summed E-state index contributed by atoms with van der Waals surface area (Å²) < 4.78 is 0. The van der Waals surface area contributed by atoms with Crippen molar-refractivity contribution >= 4 is 0 Å². The number of nitrogens with one attached hydrogen (secondary N) is 1. The Morgan fingerprint density at radius 2 is 1.52 bits per heavy atom. The first-order valence-electron chi connectivity index (χ1n) is 9.05. The molecule has 1 atom stereocenters. The topological polar surface area (TPSA) is 21.8 Å². The van der Waals surface area contributed by atoms with Crippen molar-refractivity contribution in [2.24, 2.45) is 5.92 Å². The molecule has 0 saturated carbocycles. The molecule has 0 aliphatic carbocycles. The van der Waals surface area contributed by atoms with Crippen LogP contribution in [0, 0.1) is 5.92 Å². The normalized spacial score (nSPS) is 25.3. The van der Waals surface area contributed by atoms with Gasteiger partial charge in [-0.3, -0.25) is 4.90 Å². The lowest BCUT2D eigenvalue weighted by molar-refractivity contribution is 0.114. The lowest BCUT2D eigenvalue weighted by atomic mass is 9.90. The smallest absolute Gasteiger partial charge is 0.0110 e. The third-order valence-electron chi connectivity index (χ3n) is 5.38. The highest BCUT2D eigenvalue weighted by Crippen LogP contribution is 2.20. The Kier molecular flexibility index (Phi) is 7.44. The van der Waals surface area contributed by atoms with Gasteiger partial charge in [-0.05, 0) is 58.8 Å². The highest BCUT2D eigenvalue weighted by Gasteiger charge is 2.23. The van der Waals surface area contributed by atoms with E-state index in [0.29, 0.717) is 6.04 Å². The van der Waals surface area contributed by atoms with Crippen molar-refractivity contribution in [1.29, 1.82) is 0 Å². The second kappa shape index (κ2) is 9.09. The van der Waals surface area contributed by atoms with Crippen LogP contribution >= 0.6 is 0 Å². The van der Waals surface area contributed by atoms with Gasteiger partial charge in [0.05, 0.1) is 0 Å². The van der Waals surface area contributed by atoms with E-state index in [9.17, 15) is 0 Å². The van der Waals surface area contributed by atoms with Gasteiger partial charge < -0.3 is 15.1 Å². The maximum absolute atomic E-state index is 3.67. The number of piperidine rings is 1. The lowest BCUT2D eigenvalue weighted by Crippen LogP contribution is -2.48. The summed E-state index contributed by atoms with van der Waals surface area (Å²) in [6.07, 6.45) is 4.00. The quantitative estimate of drug-likeness (QED) is 0.765. The van der Waals surface area contributed by atoms with E-state index in [0.717, 1.165) is 5.92 Å². The monoisotopic (exact) mass is 296 g/mol. The summed E-state index contributed by atoms with van der Waals surface area (Å²) in [5.74, 6) is 0.886. The van der Waals surface area contributed by atoms with Crippen LogP contribution in [0.1, 0.15) is 33.1 Å². The summed E-state index contributed by atoms with van der Waals surface area (Å²) in [7, 11) is 2.23. The molecule has 0 amide bonds. The molecule has 2 rings (SSSR count). The van der Waals surface area contributed by atoms with Crippen LogP contribution in [0.3, 0.4) is 0 Å². The maximum atomic E-state index is 3.67. The fourth-order valence-electron chi connectivity index (χ4n) is 3.57. The van der Waals surface area contributed by atoms with Gasteiger partial charge in [0.1, 0.15) is 0 Å². The molecule has 0 bridgehead atoms. The number of rotatable bonds is 7. The molecule has 2 heterocycles. The van der Waals surface area contributed by atoms with Crippen molar-refractivity contribution in [3.05, 3.63) is 0 Å². The van der Waals surface area contributed by atoms with Crippen LogP contribution < -0.4 is 5.32 Å². The second-order valence-corrected chi connectivity index (χ2v) is 7.07. The average molecular weight is 297 g/mol. The molecule has 0 aromatic rings. The van der Waals surface area contributed by atoms with Crippen LogP contribution in [0.2, 0.25) is 0 Å². The molecule has 0 radical (unpaired) electrons. The standard InChI is InChI=1S/C17H36N4/c1-4-7-18-16(2)17-5-8-20(9-6-17)14-15-21-12-10-19(3)11-13-21/h16-18H,4-15H2,1-3H3. The van der Waals surface area contributed by atoms with Gasteiger partial charge in [0.25, 0.3) is 0 Å². The number of likely N-dealkylation sites (tertiary alicyclic amines) is 1. The van der Waals surface area contributed by atoms with Crippen molar-refractivity contribution in [3.63, 3.8) is 0 Å². The van der Waals surface area contributed by atoms with E-state index in [1.165, 1.54) is 78.2 Å². The minimum Gasteiger partial charge on any atom is -0.314 e. The summed E-state index contributed by atoms with van der Waals surface area (Å²) in [5, 5.41) is 3.67. The highest BCUT2D eigenvalue weighted by atomic mass is 15.3. The van der Waals surface area contributed by atoms with Gasteiger partial charge >= 0.3 is 0 Å². The minimum absolute atomic E-state index is 0.699. The first-order chi connectivity index (χ1) is 10.2. The van der Waals surface area contributed by atoms with E-state index in [1.807, 2.05) is 0 Å². The average Bonchev–Trinajstić information content (AvgIpc) is 2.52. The second-order valence-electron chi connectivity index (χ2n) is 7.07. The third-order valence-corrected chi connectivity index (χ3v) is 5.38. The Balaban J connectivity index is 1.58. The number of likely N-dealkylation sites (N-methyl/N-ethyl adjacent to an activating group) is 1. The molecule has 2 fully saturated rings. The Hall–Kier alpha value is -0.160. The molecule has 0 spiro atoms. The zero-order valence-corrected chi connectivity index (χ0v) is 14.5. The maximum Gasteiger partial charge on any atom is 0.0110 e. The predicted octanol–water partition coefficient (Wildman–Crippen LogP) is 1.33. The van der Waals surface area contributed by atoms with Crippen LogP contribution in [0.15, 0.2) is 0 Å². The van der Waals surface area contributed by atoms with E-state index < -0.39 is 0 Å². The van der Waals surface area contributed by atoms with Gasteiger partial charge in [-0.2, -0.15) is 0 Å². The third kappa shape index (κ3) is 5.85. The summed E-state index contributed by atoms with van der Waals surface area (Å²) >= 11 is 0. The van der Waals surface area contributed by atoms with Crippen molar-refractivity contribution in [2.75, 3.05) is 66.0 Å². The van der Waals surface area contributed by atoms with Crippen molar-refractivity contribution in [1.82, 2.24) is 20.0 Å². The fourth-order valence-corrected chi connectivity index (χ4v) is 3.57. The lowest BCUT2D eigenvalue weighted by Gasteiger charge is -2.37. The van der Waals surface area contributed by atoms with E-state index in [-0.39, 0.29) is 0 Å². The Morgan fingerprint density at radius 3 is 2.10 bits per heavy atom. The van der Waals surface area contributed by atoms with E-state index in [2.05, 4.69) is 40.9 Å². The van der Waals surface area contributed by atoms with Gasteiger partial charge in [-0.15, -0.1) is 0 Å². The molecular formula is C17H36N4. The molecule has 124 valence electrons.